The Labute approximate surface area is 137 Å². The highest BCUT2D eigenvalue weighted by Gasteiger charge is 2.16. The molecule has 0 fully saturated rings. The van der Waals surface area contributed by atoms with E-state index >= 15 is 0 Å². The molecule has 0 aliphatic heterocycles. The third kappa shape index (κ3) is 5.02. The minimum atomic E-state index is -0.565. The summed E-state index contributed by atoms with van der Waals surface area (Å²) in [6.45, 7) is 4.40. The second-order valence-corrected chi connectivity index (χ2v) is 5.50. The van der Waals surface area contributed by atoms with Gasteiger partial charge in [-0.15, -0.1) is 0 Å². The molecule has 2 rings (SSSR count). The lowest BCUT2D eigenvalue weighted by Gasteiger charge is -2.17. The lowest BCUT2D eigenvalue weighted by molar-refractivity contribution is -0.127. The van der Waals surface area contributed by atoms with Crippen LogP contribution in [0.5, 0.6) is 11.5 Å². The van der Waals surface area contributed by atoms with Crippen LogP contribution in [-0.4, -0.2) is 25.7 Å². The van der Waals surface area contributed by atoms with Gasteiger partial charge in [-0.2, -0.15) is 0 Å². The Balaban J connectivity index is 1.85. The monoisotopic (exact) mass is 313 g/mol. The molecule has 0 unspecified atom stereocenters. The molecule has 0 aliphatic carbocycles. The van der Waals surface area contributed by atoms with Crippen LogP contribution in [0.3, 0.4) is 0 Å². The third-order valence-corrected chi connectivity index (χ3v) is 3.67. The van der Waals surface area contributed by atoms with Gasteiger partial charge in [0.05, 0.1) is 7.11 Å². The van der Waals surface area contributed by atoms with Crippen molar-refractivity contribution in [3.8, 4) is 11.5 Å². The van der Waals surface area contributed by atoms with Crippen molar-refractivity contribution in [2.45, 2.75) is 25.9 Å². The van der Waals surface area contributed by atoms with E-state index in [1.165, 1.54) is 5.56 Å². The molecule has 2 aromatic carbocycles. The highest BCUT2D eigenvalue weighted by molar-refractivity contribution is 5.80. The molecule has 4 nitrogen and oxygen atoms in total. The minimum absolute atomic E-state index is 0.129. The first-order chi connectivity index (χ1) is 11.1. The van der Waals surface area contributed by atoms with Gasteiger partial charge in [0.1, 0.15) is 11.5 Å². The van der Waals surface area contributed by atoms with Crippen molar-refractivity contribution < 1.29 is 14.3 Å². The van der Waals surface area contributed by atoms with Gasteiger partial charge in [0.2, 0.25) is 0 Å². The van der Waals surface area contributed by atoms with Gasteiger partial charge in [-0.05, 0) is 30.5 Å². The number of rotatable bonds is 7. The number of hydrogen-bond acceptors (Lipinski definition) is 3. The highest BCUT2D eigenvalue weighted by Crippen LogP contribution is 2.20. The fourth-order valence-corrected chi connectivity index (χ4v) is 2.23. The summed E-state index contributed by atoms with van der Waals surface area (Å²) < 4.78 is 10.8. The highest BCUT2D eigenvalue weighted by atomic mass is 16.5. The molecule has 1 amide bonds. The zero-order valence-corrected chi connectivity index (χ0v) is 13.8. The van der Waals surface area contributed by atoms with Crippen molar-refractivity contribution >= 4 is 5.91 Å². The first kappa shape index (κ1) is 16.9. The number of ether oxygens (including phenoxy) is 2. The van der Waals surface area contributed by atoms with Gasteiger partial charge < -0.3 is 14.8 Å². The Morgan fingerprint density at radius 3 is 2.43 bits per heavy atom. The maximum atomic E-state index is 12.2. The SMILES string of the molecule is COc1cccc(O[C@@H](C)C(=O)NC[C@H](C)c2ccccc2)c1. The van der Waals surface area contributed by atoms with Crippen molar-refractivity contribution in [1.29, 1.82) is 0 Å². The number of carbonyl (C=O) groups excluding carboxylic acids is 1. The molecular weight excluding hydrogens is 290 g/mol. The number of hydrogen-bond donors (Lipinski definition) is 1. The Morgan fingerprint density at radius 2 is 1.74 bits per heavy atom. The first-order valence-electron chi connectivity index (χ1n) is 7.73. The average Bonchev–Trinajstić information content (AvgIpc) is 2.60. The standard InChI is InChI=1S/C19H23NO3/c1-14(16-8-5-4-6-9-16)13-20-19(21)15(2)23-18-11-7-10-17(12-18)22-3/h4-12,14-15H,13H2,1-3H3,(H,20,21)/t14-,15-/m0/s1. The Kier molecular flexibility index (Phi) is 6.03. The summed E-state index contributed by atoms with van der Waals surface area (Å²) in [7, 11) is 1.60. The Hall–Kier alpha value is -2.49. The lowest BCUT2D eigenvalue weighted by Crippen LogP contribution is -2.38. The maximum absolute atomic E-state index is 12.2. The number of methoxy groups -OCH3 is 1. The zero-order chi connectivity index (χ0) is 16.7. The molecular formula is C19H23NO3. The van der Waals surface area contributed by atoms with Crippen LogP contribution in [0.15, 0.2) is 54.6 Å². The average molecular weight is 313 g/mol. The van der Waals surface area contributed by atoms with Gasteiger partial charge in [-0.25, -0.2) is 0 Å². The van der Waals surface area contributed by atoms with Gasteiger partial charge in [0.25, 0.3) is 5.91 Å². The van der Waals surface area contributed by atoms with E-state index in [9.17, 15) is 4.79 Å². The molecule has 0 saturated heterocycles. The first-order valence-corrected chi connectivity index (χ1v) is 7.73. The second-order valence-electron chi connectivity index (χ2n) is 5.50. The van der Waals surface area contributed by atoms with Gasteiger partial charge in [0, 0.05) is 12.6 Å². The quantitative estimate of drug-likeness (QED) is 0.852. The van der Waals surface area contributed by atoms with Crippen molar-refractivity contribution in [2.75, 3.05) is 13.7 Å². The number of amides is 1. The Bertz CT molecular complexity index is 628. The van der Waals surface area contributed by atoms with E-state index < -0.39 is 6.10 Å². The van der Waals surface area contributed by atoms with E-state index in [-0.39, 0.29) is 11.8 Å². The fraction of sp³-hybridized carbons (Fsp3) is 0.316. The van der Waals surface area contributed by atoms with Crippen molar-refractivity contribution in [3.05, 3.63) is 60.2 Å². The van der Waals surface area contributed by atoms with Crippen LogP contribution in [-0.2, 0) is 4.79 Å². The molecule has 2 atom stereocenters. The Morgan fingerprint density at radius 1 is 1.04 bits per heavy atom. The van der Waals surface area contributed by atoms with E-state index in [1.54, 1.807) is 26.2 Å². The summed E-state index contributed by atoms with van der Waals surface area (Å²) in [4.78, 5) is 12.2. The van der Waals surface area contributed by atoms with E-state index in [4.69, 9.17) is 9.47 Å². The summed E-state index contributed by atoms with van der Waals surface area (Å²) in [6, 6.07) is 17.3. The largest absolute Gasteiger partial charge is 0.497 e. The number of nitrogens with one attached hydrogen (secondary N) is 1. The molecule has 23 heavy (non-hydrogen) atoms. The molecule has 0 aromatic heterocycles. The van der Waals surface area contributed by atoms with Crippen molar-refractivity contribution in [1.82, 2.24) is 5.32 Å². The van der Waals surface area contributed by atoms with Crippen LogP contribution in [0, 0.1) is 0 Å². The van der Waals surface area contributed by atoms with Gasteiger partial charge >= 0.3 is 0 Å². The van der Waals surface area contributed by atoms with Crippen LogP contribution >= 0.6 is 0 Å². The van der Waals surface area contributed by atoms with E-state index in [0.29, 0.717) is 18.0 Å². The van der Waals surface area contributed by atoms with Gasteiger partial charge in [-0.3, -0.25) is 4.79 Å². The molecule has 2 aromatic rings. The summed E-state index contributed by atoms with van der Waals surface area (Å²) in [6.07, 6.45) is -0.565. The summed E-state index contributed by atoms with van der Waals surface area (Å²) in [5.41, 5.74) is 1.20. The predicted molar refractivity (Wildman–Crippen MR) is 91.0 cm³/mol. The van der Waals surface area contributed by atoms with E-state index in [2.05, 4.69) is 24.4 Å². The lowest BCUT2D eigenvalue weighted by atomic mass is 10.0. The molecule has 0 heterocycles. The van der Waals surface area contributed by atoms with Crippen molar-refractivity contribution in [2.24, 2.45) is 0 Å². The summed E-state index contributed by atoms with van der Waals surface area (Å²) >= 11 is 0. The molecule has 0 radical (unpaired) electrons. The topological polar surface area (TPSA) is 47.6 Å². The molecule has 0 bridgehead atoms. The molecule has 0 spiro atoms. The van der Waals surface area contributed by atoms with Crippen LogP contribution in [0.1, 0.15) is 25.3 Å². The minimum Gasteiger partial charge on any atom is -0.497 e. The fourth-order valence-electron chi connectivity index (χ4n) is 2.23. The summed E-state index contributed by atoms with van der Waals surface area (Å²) in [5.74, 6) is 1.44. The van der Waals surface area contributed by atoms with E-state index in [0.717, 1.165) is 0 Å². The smallest absolute Gasteiger partial charge is 0.260 e. The van der Waals surface area contributed by atoms with Gasteiger partial charge in [0.15, 0.2) is 6.10 Å². The number of carbonyl (C=O) groups is 1. The van der Waals surface area contributed by atoms with Crippen LogP contribution in [0.4, 0.5) is 0 Å². The van der Waals surface area contributed by atoms with Crippen LogP contribution < -0.4 is 14.8 Å². The van der Waals surface area contributed by atoms with E-state index in [1.807, 2.05) is 30.3 Å². The maximum Gasteiger partial charge on any atom is 0.260 e. The molecule has 122 valence electrons. The normalized spacial score (nSPS) is 13.0. The molecule has 4 heteroatoms. The van der Waals surface area contributed by atoms with Gasteiger partial charge in [-0.1, -0.05) is 43.3 Å². The predicted octanol–water partition coefficient (Wildman–Crippen LogP) is 3.38. The zero-order valence-electron chi connectivity index (χ0n) is 13.8. The summed E-state index contributed by atoms with van der Waals surface area (Å²) in [5, 5.41) is 2.93. The molecule has 1 N–H and O–H groups in total. The van der Waals surface area contributed by atoms with Crippen molar-refractivity contribution in [3.63, 3.8) is 0 Å². The molecule has 0 aliphatic rings. The second kappa shape index (κ2) is 8.22. The number of benzene rings is 2. The third-order valence-electron chi connectivity index (χ3n) is 3.67. The van der Waals surface area contributed by atoms with Crippen LogP contribution in [0.2, 0.25) is 0 Å². The van der Waals surface area contributed by atoms with Crippen LogP contribution in [0.25, 0.3) is 0 Å². The molecule has 0 saturated carbocycles.